The summed E-state index contributed by atoms with van der Waals surface area (Å²) in [5.74, 6) is -6.95. The summed E-state index contributed by atoms with van der Waals surface area (Å²) in [6.45, 7) is 1.50. The van der Waals surface area contributed by atoms with Gasteiger partial charge in [-0.05, 0) is 37.0 Å². The van der Waals surface area contributed by atoms with Crippen LogP contribution in [0.4, 0.5) is 10.8 Å². The second kappa shape index (κ2) is 12.1. The molecule has 1 unspecified atom stereocenters. The SMILES string of the molecule is COC(C)(O/N=C(\C(=O)N[C@@H]1C(=O)N2C(C(=O)O)=C(/C=C3\CCN(c4ccc[n+](C)c4)C3=O)CC[C@H]12)c1csc(N)n1)C(=O)O. The molecule has 5 heterocycles. The van der Waals surface area contributed by atoms with Crippen molar-refractivity contribution in [2.24, 2.45) is 12.2 Å². The Hall–Kier alpha value is -5.16. The summed E-state index contributed by atoms with van der Waals surface area (Å²) in [5.41, 5.74) is 6.42. The Bertz CT molecular complexity index is 1700. The molecule has 2 fully saturated rings. The van der Waals surface area contributed by atoms with Crippen LogP contribution in [0.1, 0.15) is 31.9 Å². The van der Waals surface area contributed by atoms with Crippen LogP contribution in [0.3, 0.4) is 0 Å². The number of carboxylic acid groups (broad SMARTS) is 2. The number of aromatic nitrogens is 2. The number of carbonyl (C=O) groups is 5. The van der Waals surface area contributed by atoms with Gasteiger partial charge in [0, 0.05) is 37.6 Å². The Balaban J connectivity index is 1.36. The van der Waals surface area contributed by atoms with E-state index in [0.29, 0.717) is 36.2 Å². The Kier molecular flexibility index (Phi) is 8.40. The number of nitrogens with zero attached hydrogens (tertiary/aromatic N) is 5. The number of hydrogen-bond donors (Lipinski definition) is 4. The van der Waals surface area contributed by atoms with Crippen molar-refractivity contribution in [1.29, 1.82) is 0 Å². The number of nitrogens with one attached hydrogen (secondary N) is 1. The third-order valence-corrected chi connectivity index (χ3v) is 8.42. The summed E-state index contributed by atoms with van der Waals surface area (Å²) in [6.07, 6.45) is 6.14. The van der Waals surface area contributed by atoms with Gasteiger partial charge in [-0.15, -0.1) is 11.3 Å². The molecular formula is C28H30N7O9S+. The molecule has 5 rings (SSSR count). The van der Waals surface area contributed by atoms with E-state index in [4.69, 9.17) is 15.3 Å². The van der Waals surface area contributed by atoms with Crippen molar-refractivity contribution in [3.63, 3.8) is 0 Å². The fraction of sp³-hybridized carbons (Fsp3) is 0.357. The normalized spacial score (nSPS) is 22.2. The zero-order chi connectivity index (χ0) is 32.6. The molecule has 2 saturated heterocycles. The van der Waals surface area contributed by atoms with E-state index in [1.165, 1.54) is 5.38 Å². The van der Waals surface area contributed by atoms with Gasteiger partial charge in [-0.1, -0.05) is 5.16 Å². The number of pyridine rings is 1. The molecule has 3 atom stereocenters. The van der Waals surface area contributed by atoms with Crippen LogP contribution >= 0.6 is 11.3 Å². The number of allylic oxidation sites excluding steroid dienone is 2. The molecule has 0 aliphatic carbocycles. The topological polar surface area (TPSA) is 218 Å². The second-order valence-corrected chi connectivity index (χ2v) is 11.5. The van der Waals surface area contributed by atoms with Gasteiger partial charge in [-0.25, -0.2) is 19.1 Å². The molecule has 3 aliphatic rings. The van der Waals surface area contributed by atoms with Crippen LogP contribution in [0.2, 0.25) is 0 Å². The molecule has 0 bridgehead atoms. The van der Waals surface area contributed by atoms with E-state index in [1.807, 2.05) is 36.1 Å². The van der Waals surface area contributed by atoms with Gasteiger partial charge in [0.2, 0.25) is 0 Å². The quantitative estimate of drug-likeness (QED) is 0.0672. The Morgan fingerprint density at radius 3 is 2.67 bits per heavy atom. The first-order chi connectivity index (χ1) is 21.3. The highest BCUT2D eigenvalue weighted by Crippen LogP contribution is 2.38. The molecule has 2 aromatic rings. The lowest BCUT2D eigenvalue weighted by Crippen LogP contribution is -2.72. The van der Waals surface area contributed by atoms with Crippen molar-refractivity contribution in [2.45, 2.75) is 44.1 Å². The molecule has 0 radical (unpaired) electrons. The van der Waals surface area contributed by atoms with Crippen LogP contribution < -0.4 is 20.5 Å². The number of ether oxygens (including phenoxy) is 1. The maximum absolute atomic E-state index is 13.3. The van der Waals surface area contributed by atoms with E-state index < -0.39 is 47.3 Å². The predicted octanol–water partition coefficient (Wildman–Crippen LogP) is -0.0909. The number of oxime groups is 1. The minimum Gasteiger partial charge on any atom is -0.477 e. The summed E-state index contributed by atoms with van der Waals surface area (Å²) in [4.78, 5) is 75.5. The number of aryl methyl sites for hydroxylation is 1. The molecule has 0 saturated carbocycles. The fourth-order valence-electron chi connectivity index (χ4n) is 5.28. The van der Waals surface area contributed by atoms with Crippen molar-refractivity contribution in [2.75, 3.05) is 24.3 Å². The zero-order valence-corrected chi connectivity index (χ0v) is 25.2. The van der Waals surface area contributed by atoms with Gasteiger partial charge in [0.05, 0.1) is 6.04 Å². The number of carboxylic acids is 2. The highest BCUT2D eigenvalue weighted by molar-refractivity contribution is 7.13. The van der Waals surface area contributed by atoms with Crippen LogP contribution in [0, 0.1) is 0 Å². The van der Waals surface area contributed by atoms with Gasteiger partial charge in [0.1, 0.15) is 30.2 Å². The number of amides is 3. The molecule has 0 aromatic carbocycles. The number of carbonyl (C=O) groups excluding carboxylic acids is 3. The minimum absolute atomic E-state index is 0.0364. The molecule has 16 nitrogen and oxygen atoms in total. The zero-order valence-electron chi connectivity index (χ0n) is 24.4. The van der Waals surface area contributed by atoms with Gasteiger partial charge >= 0.3 is 17.7 Å². The van der Waals surface area contributed by atoms with Crippen LogP contribution in [-0.4, -0.2) is 87.0 Å². The van der Waals surface area contributed by atoms with Crippen molar-refractivity contribution in [1.82, 2.24) is 15.2 Å². The lowest BCUT2D eigenvalue weighted by molar-refractivity contribution is -0.670. The van der Waals surface area contributed by atoms with E-state index in [-0.39, 0.29) is 28.9 Å². The number of anilines is 2. The Morgan fingerprint density at radius 2 is 2.04 bits per heavy atom. The first-order valence-electron chi connectivity index (χ1n) is 13.7. The van der Waals surface area contributed by atoms with Crippen LogP contribution in [0.15, 0.2) is 58.0 Å². The molecule has 3 aliphatic heterocycles. The van der Waals surface area contributed by atoms with Crippen LogP contribution in [0.25, 0.3) is 0 Å². The van der Waals surface area contributed by atoms with Crippen molar-refractivity contribution >= 4 is 57.5 Å². The predicted molar refractivity (Wildman–Crippen MR) is 156 cm³/mol. The second-order valence-electron chi connectivity index (χ2n) is 10.6. The third kappa shape index (κ3) is 5.86. The van der Waals surface area contributed by atoms with Gasteiger partial charge < -0.3 is 35.7 Å². The van der Waals surface area contributed by atoms with Crippen LogP contribution in [-0.2, 0) is 40.6 Å². The maximum atomic E-state index is 13.3. The fourth-order valence-corrected chi connectivity index (χ4v) is 5.82. The minimum atomic E-state index is -2.23. The largest absolute Gasteiger partial charge is 0.477 e. The Labute approximate surface area is 260 Å². The molecule has 17 heteroatoms. The Morgan fingerprint density at radius 1 is 1.29 bits per heavy atom. The highest BCUT2D eigenvalue weighted by Gasteiger charge is 2.53. The number of rotatable bonds is 10. The number of nitrogens with two attached hydrogens (primary N) is 1. The lowest BCUT2D eigenvalue weighted by atomic mass is 9.82. The molecule has 5 N–H and O–H groups in total. The monoisotopic (exact) mass is 640 g/mol. The molecule has 3 amide bonds. The van der Waals surface area contributed by atoms with Crippen molar-refractivity contribution in [3.05, 3.63) is 58.5 Å². The van der Waals surface area contributed by atoms with E-state index in [0.717, 1.165) is 30.3 Å². The van der Waals surface area contributed by atoms with E-state index in [9.17, 15) is 34.2 Å². The van der Waals surface area contributed by atoms with Gasteiger partial charge in [-0.2, -0.15) is 0 Å². The number of methoxy groups -OCH3 is 1. The van der Waals surface area contributed by atoms with E-state index in [1.54, 1.807) is 11.0 Å². The summed E-state index contributed by atoms with van der Waals surface area (Å²) >= 11 is 0.992. The van der Waals surface area contributed by atoms with Gasteiger partial charge in [-0.3, -0.25) is 19.3 Å². The van der Waals surface area contributed by atoms with E-state index >= 15 is 0 Å². The van der Waals surface area contributed by atoms with E-state index in [2.05, 4.69) is 15.5 Å². The lowest BCUT2D eigenvalue weighted by Gasteiger charge is -2.50. The van der Waals surface area contributed by atoms with Gasteiger partial charge in [0.25, 0.3) is 17.7 Å². The molecule has 45 heavy (non-hydrogen) atoms. The average Bonchev–Trinajstić information content (AvgIpc) is 3.60. The smallest absolute Gasteiger partial charge is 0.379 e. The maximum Gasteiger partial charge on any atom is 0.379 e. The number of hydrogen-bond acceptors (Lipinski definition) is 11. The average molecular weight is 641 g/mol. The summed E-state index contributed by atoms with van der Waals surface area (Å²) in [7, 11) is 2.92. The summed E-state index contributed by atoms with van der Waals surface area (Å²) < 4.78 is 6.67. The number of β-lactam (4-membered cyclic amide) rings is 1. The highest BCUT2D eigenvalue weighted by atomic mass is 32.1. The number of thiazole rings is 1. The third-order valence-electron chi connectivity index (χ3n) is 7.74. The van der Waals surface area contributed by atoms with Crippen LogP contribution in [0.5, 0.6) is 0 Å². The summed E-state index contributed by atoms with van der Waals surface area (Å²) in [6, 6.07) is 1.83. The van der Waals surface area contributed by atoms with Crippen molar-refractivity contribution in [3.8, 4) is 0 Å². The number of fused-ring (bicyclic) bond motifs is 1. The number of aliphatic carboxylic acids is 2. The number of nitrogen functional groups attached to an aromatic ring is 1. The van der Waals surface area contributed by atoms with Crippen molar-refractivity contribution < 1.29 is 48.3 Å². The first kappa shape index (κ1) is 31.3. The molecule has 0 spiro atoms. The molecule has 2 aromatic heterocycles. The standard InChI is InChI=1S/C28H29N7O9S/c1-28(43-3,26(41)42)44-32-19(17-13-45-27(29)30-17)22(36)31-20-18-7-6-14(21(25(39)40)35(18)24(20)38)11-15-8-10-34(23(15)37)16-5-4-9-33(2)12-16/h4-5,9,11-13,18,20H,6-8,10H2,1-3H3,(H4-,29,30,31,36,39,40,41,42)/p+1/b15-11+,32-19-/t18-,20+,28?/m1/s1. The summed E-state index contributed by atoms with van der Waals surface area (Å²) in [5, 5.41) is 27.2. The molecular weight excluding hydrogens is 610 g/mol. The first-order valence-corrected chi connectivity index (χ1v) is 14.6. The van der Waals surface area contributed by atoms with Gasteiger partial charge in [0.15, 0.2) is 23.2 Å². The molecule has 236 valence electrons.